The first kappa shape index (κ1) is 28.4. The molecule has 0 fully saturated rings. The quantitative estimate of drug-likeness (QED) is 0.204. The van der Waals surface area contributed by atoms with E-state index in [1.54, 1.807) is 36.4 Å². The molecule has 0 N–H and O–H groups in total. The normalized spacial score (nSPS) is 11.9. The molecule has 0 radical (unpaired) electrons. The number of aryl methyl sites for hydroxylation is 4. The van der Waals surface area contributed by atoms with E-state index in [4.69, 9.17) is 8.37 Å². The summed E-state index contributed by atoms with van der Waals surface area (Å²) in [6.07, 6.45) is 0.781. The molecule has 0 aliphatic rings. The molecule has 4 aromatic rings. The van der Waals surface area contributed by atoms with Gasteiger partial charge in [-0.1, -0.05) is 67.6 Å². The van der Waals surface area contributed by atoms with Gasteiger partial charge >= 0.3 is 20.2 Å². The van der Waals surface area contributed by atoms with Crippen molar-refractivity contribution in [2.75, 3.05) is 0 Å². The van der Waals surface area contributed by atoms with Crippen LogP contribution in [0.4, 0.5) is 0 Å². The minimum Gasteiger partial charge on any atom is -0.378 e. The Bertz CT molecular complexity index is 1520. The number of benzene rings is 4. The molecule has 0 aliphatic heterocycles. The van der Waals surface area contributed by atoms with E-state index in [2.05, 4.69) is 6.92 Å². The van der Waals surface area contributed by atoms with Gasteiger partial charge in [0.15, 0.2) is 0 Å². The van der Waals surface area contributed by atoms with Gasteiger partial charge < -0.3 is 8.37 Å². The third-order valence-corrected chi connectivity index (χ3v) is 9.10. The second-order valence-corrected chi connectivity index (χ2v) is 12.7. The molecule has 0 bridgehead atoms. The van der Waals surface area contributed by atoms with Gasteiger partial charge in [0.05, 0.1) is 0 Å². The summed E-state index contributed by atoms with van der Waals surface area (Å²) in [4.78, 5) is 0.198. The average Bonchev–Trinajstić information content (AvgIpc) is 2.90. The highest BCUT2D eigenvalue weighted by atomic mass is 32.2. The van der Waals surface area contributed by atoms with Gasteiger partial charge in [-0.15, -0.1) is 0 Å². The van der Waals surface area contributed by atoms with E-state index in [9.17, 15) is 16.8 Å². The van der Waals surface area contributed by atoms with Crippen LogP contribution in [-0.4, -0.2) is 16.8 Å². The van der Waals surface area contributed by atoms with Crippen LogP contribution in [0, 0.1) is 27.7 Å². The first-order chi connectivity index (χ1) is 18.4. The van der Waals surface area contributed by atoms with Crippen molar-refractivity contribution in [3.63, 3.8) is 0 Å². The highest BCUT2D eigenvalue weighted by molar-refractivity contribution is 7.87. The van der Waals surface area contributed by atoms with Gasteiger partial charge in [0.25, 0.3) is 0 Å². The molecular weight excluding hydrogens is 532 g/mol. The monoisotopic (exact) mass is 564 g/mol. The fourth-order valence-corrected chi connectivity index (χ4v) is 6.92. The molecule has 8 heteroatoms. The second kappa shape index (κ2) is 11.2. The van der Waals surface area contributed by atoms with Crippen molar-refractivity contribution >= 4 is 20.2 Å². The van der Waals surface area contributed by atoms with Crippen LogP contribution in [0.3, 0.4) is 0 Å². The van der Waals surface area contributed by atoms with Crippen molar-refractivity contribution in [2.24, 2.45) is 0 Å². The Kier molecular flexibility index (Phi) is 8.18. The van der Waals surface area contributed by atoms with Crippen LogP contribution < -0.4 is 8.37 Å². The van der Waals surface area contributed by atoms with Crippen molar-refractivity contribution in [1.82, 2.24) is 0 Å². The third-order valence-electron chi connectivity index (χ3n) is 6.63. The number of hydrogen-bond acceptors (Lipinski definition) is 6. The Labute approximate surface area is 231 Å². The lowest BCUT2D eigenvalue weighted by Crippen LogP contribution is -2.13. The summed E-state index contributed by atoms with van der Waals surface area (Å²) >= 11 is 0. The molecule has 0 unspecified atom stereocenters. The molecule has 0 aliphatic carbocycles. The van der Waals surface area contributed by atoms with E-state index in [1.165, 1.54) is 24.3 Å². The molecule has 39 heavy (non-hydrogen) atoms. The molecule has 0 spiro atoms. The zero-order chi connectivity index (χ0) is 28.4. The van der Waals surface area contributed by atoms with Gasteiger partial charge in [-0.3, -0.25) is 0 Å². The van der Waals surface area contributed by atoms with Gasteiger partial charge in [-0.05, 0) is 91.8 Å². The fourth-order valence-electron chi connectivity index (χ4n) is 4.79. The Balaban J connectivity index is 1.65. The zero-order valence-electron chi connectivity index (χ0n) is 22.6. The van der Waals surface area contributed by atoms with Gasteiger partial charge in [0.2, 0.25) is 0 Å². The zero-order valence-corrected chi connectivity index (χ0v) is 24.3. The van der Waals surface area contributed by atoms with Crippen LogP contribution in [0.25, 0.3) is 0 Å². The van der Waals surface area contributed by atoms with E-state index in [0.29, 0.717) is 33.8 Å². The summed E-state index contributed by atoms with van der Waals surface area (Å²) in [6.45, 7) is 9.42. The lowest BCUT2D eigenvalue weighted by atomic mass is 9.85. The van der Waals surface area contributed by atoms with Crippen LogP contribution in [0.1, 0.15) is 52.6 Å². The number of hydrogen-bond donors (Lipinski definition) is 0. The van der Waals surface area contributed by atoms with E-state index in [-0.39, 0.29) is 15.7 Å². The summed E-state index contributed by atoms with van der Waals surface area (Å²) in [6, 6.07) is 23.9. The Hall–Kier alpha value is -3.62. The molecule has 0 amide bonds. The molecule has 0 aromatic heterocycles. The van der Waals surface area contributed by atoms with Crippen LogP contribution in [-0.2, 0) is 20.2 Å². The van der Waals surface area contributed by atoms with Gasteiger partial charge in [0, 0.05) is 5.92 Å². The Morgan fingerprint density at radius 2 is 0.872 bits per heavy atom. The van der Waals surface area contributed by atoms with Crippen molar-refractivity contribution in [1.29, 1.82) is 0 Å². The van der Waals surface area contributed by atoms with Gasteiger partial charge in [-0.25, -0.2) is 0 Å². The average molecular weight is 565 g/mol. The van der Waals surface area contributed by atoms with Crippen molar-refractivity contribution in [2.45, 2.75) is 56.7 Å². The maximum Gasteiger partial charge on any atom is 0.339 e. The van der Waals surface area contributed by atoms with Crippen LogP contribution in [0.15, 0.2) is 94.7 Å². The van der Waals surface area contributed by atoms with Crippen LogP contribution in [0.5, 0.6) is 11.5 Å². The first-order valence-electron chi connectivity index (χ1n) is 12.6. The summed E-state index contributed by atoms with van der Waals surface area (Å²) in [5.74, 6) is 0.638. The second-order valence-electron chi connectivity index (χ2n) is 9.63. The molecule has 0 heterocycles. The maximum absolute atomic E-state index is 12.8. The van der Waals surface area contributed by atoms with Crippen molar-refractivity contribution in [3.05, 3.63) is 118 Å². The van der Waals surface area contributed by atoms with E-state index in [1.807, 2.05) is 52.0 Å². The molecule has 0 saturated carbocycles. The van der Waals surface area contributed by atoms with E-state index >= 15 is 0 Å². The summed E-state index contributed by atoms with van der Waals surface area (Å²) < 4.78 is 62.4. The standard InChI is InChI=1S/C31H32O6S2/c1-6-29(25-17-21(2)30(22(3)18-25)36-38(32,33)27-13-9-7-10-14-27)26-19-23(4)31(24(5)20-26)37-39(34,35)28-15-11-8-12-16-28/h7-20,29H,6H2,1-5H3. The minimum absolute atomic E-state index is 0.000592. The molecule has 0 atom stereocenters. The first-order valence-corrected chi connectivity index (χ1v) is 15.5. The van der Waals surface area contributed by atoms with E-state index in [0.717, 1.165) is 17.5 Å². The van der Waals surface area contributed by atoms with Gasteiger partial charge in [0.1, 0.15) is 21.3 Å². The molecule has 204 valence electrons. The Morgan fingerprint density at radius 3 is 1.15 bits per heavy atom. The largest absolute Gasteiger partial charge is 0.378 e. The molecular formula is C31H32O6S2. The maximum atomic E-state index is 12.8. The molecule has 0 saturated heterocycles. The smallest absolute Gasteiger partial charge is 0.339 e. The minimum atomic E-state index is -3.96. The lowest BCUT2D eigenvalue weighted by molar-refractivity contribution is 0.480. The summed E-state index contributed by atoms with van der Waals surface area (Å²) in [5, 5.41) is 0. The summed E-state index contributed by atoms with van der Waals surface area (Å²) in [5.41, 5.74) is 4.88. The summed E-state index contributed by atoms with van der Waals surface area (Å²) in [7, 11) is -7.93. The van der Waals surface area contributed by atoms with Crippen LogP contribution >= 0.6 is 0 Å². The van der Waals surface area contributed by atoms with E-state index < -0.39 is 20.2 Å². The highest BCUT2D eigenvalue weighted by Crippen LogP contribution is 2.37. The van der Waals surface area contributed by atoms with Crippen LogP contribution in [0.2, 0.25) is 0 Å². The highest BCUT2D eigenvalue weighted by Gasteiger charge is 2.23. The third kappa shape index (κ3) is 6.18. The Morgan fingerprint density at radius 1 is 0.564 bits per heavy atom. The predicted molar refractivity (Wildman–Crippen MR) is 152 cm³/mol. The molecule has 4 rings (SSSR count). The number of rotatable bonds is 9. The van der Waals surface area contributed by atoms with Gasteiger partial charge in [-0.2, -0.15) is 16.8 Å². The SMILES string of the molecule is CCC(c1cc(C)c(OS(=O)(=O)c2ccccc2)c(C)c1)c1cc(C)c(OS(=O)(=O)c2ccccc2)c(C)c1. The molecule has 4 aromatic carbocycles. The van der Waals surface area contributed by atoms with Crippen molar-refractivity contribution in [3.8, 4) is 11.5 Å². The fraction of sp³-hybridized carbons (Fsp3) is 0.226. The molecule has 6 nitrogen and oxygen atoms in total. The predicted octanol–water partition coefficient (Wildman–Crippen LogP) is 7.00. The van der Waals surface area contributed by atoms with Crippen molar-refractivity contribution < 1.29 is 25.2 Å². The lowest BCUT2D eigenvalue weighted by Gasteiger charge is -2.22. The topological polar surface area (TPSA) is 86.7 Å².